The third-order valence-electron chi connectivity index (χ3n) is 4.10. The first-order valence-electron chi connectivity index (χ1n) is 7.19. The van der Waals surface area contributed by atoms with E-state index in [1.807, 2.05) is 31.2 Å². The Kier molecular flexibility index (Phi) is 4.86. The molecule has 0 bridgehead atoms. The van der Waals surface area contributed by atoms with Gasteiger partial charge < -0.3 is 10.6 Å². The average Bonchev–Trinajstić information content (AvgIpc) is 2.37. The highest BCUT2D eigenvalue weighted by Gasteiger charge is 2.37. The monoisotopic (exact) mass is 338 g/mol. The van der Waals surface area contributed by atoms with Gasteiger partial charge in [0, 0.05) is 4.47 Å². The number of rotatable bonds is 3. The maximum atomic E-state index is 12.5. The highest BCUT2D eigenvalue weighted by Crippen LogP contribution is 2.30. The van der Waals surface area contributed by atoms with Crippen molar-refractivity contribution >= 4 is 21.8 Å². The molecule has 1 unspecified atom stereocenters. The summed E-state index contributed by atoms with van der Waals surface area (Å²) in [4.78, 5) is 12.5. The van der Waals surface area contributed by atoms with E-state index in [1.54, 1.807) is 0 Å². The normalized spacial score (nSPS) is 23.1. The number of amides is 1. The zero-order valence-electron chi connectivity index (χ0n) is 12.4. The predicted molar refractivity (Wildman–Crippen MR) is 85.5 cm³/mol. The van der Waals surface area contributed by atoms with Gasteiger partial charge in [0.2, 0.25) is 5.91 Å². The van der Waals surface area contributed by atoms with Crippen LogP contribution in [0.2, 0.25) is 0 Å². The Labute approximate surface area is 129 Å². The van der Waals surface area contributed by atoms with E-state index in [0.29, 0.717) is 0 Å². The van der Waals surface area contributed by atoms with Crippen LogP contribution < -0.4 is 10.6 Å². The molecule has 1 fully saturated rings. The molecule has 1 aromatic rings. The van der Waals surface area contributed by atoms with Gasteiger partial charge in [-0.25, -0.2) is 0 Å². The molecule has 1 amide bonds. The van der Waals surface area contributed by atoms with Crippen LogP contribution in [0.15, 0.2) is 28.7 Å². The fraction of sp³-hybridized carbons (Fsp3) is 0.562. The van der Waals surface area contributed by atoms with E-state index in [-0.39, 0.29) is 23.4 Å². The standard InChI is InChI=1S/C16H23BrN2O/c1-11(12-6-4-7-13(17)10-12)19-15(20)14-16(2,3)8-5-9-18-14/h4,6-7,10-11,14,18H,5,8-9H2,1-3H3,(H,19,20)/t11-,14?/m1/s1. The van der Waals surface area contributed by atoms with Crippen molar-refractivity contribution in [3.63, 3.8) is 0 Å². The van der Waals surface area contributed by atoms with Crippen molar-refractivity contribution in [1.29, 1.82) is 0 Å². The van der Waals surface area contributed by atoms with Crippen LogP contribution in [0.25, 0.3) is 0 Å². The number of nitrogens with one attached hydrogen (secondary N) is 2. The summed E-state index contributed by atoms with van der Waals surface area (Å²) in [6, 6.07) is 7.97. The van der Waals surface area contributed by atoms with Gasteiger partial charge in [0.1, 0.15) is 0 Å². The maximum absolute atomic E-state index is 12.5. The summed E-state index contributed by atoms with van der Waals surface area (Å²) < 4.78 is 1.03. The Hall–Kier alpha value is -0.870. The molecule has 1 aliphatic heterocycles. The van der Waals surface area contributed by atoms with Crippen LogP contribution in [0.3, 0.4) is 0 Å². The van der Waals surface area contributed by atoms with Crippen molar-refractivity contribution in [3.05, 3.63) is 34.3 Å². The summed E-state index contributed by atoms with van der Waals surface area (Å²) in [6.07, 6.45) is 2.22. The molecular weight excluding hydrogens is 316 g/mol. The quantitative estimate of drug-likeness (QED) is 0.886. The van der Waals surface area contributed by atoms with E-state index >= 15 is 0 Å². The number of carbonyl (C=O) groups excluding carboxylic acids is 1. The van der Waals surface area contributed by atoms with Gasteiger partial charge in [0.15, 0.2) is 0 Å². The van der Waals surface area contributed by atoms with Crippen LogP contribution in [0, 0.1) is 5.41 Å². The summed E-state index contributed by atoms with van der Waals surface area (Å²) in [7, 11) is 0. The van der Waals surface area contributed by atoms with E-state index in [9.17, 15) is 4.79 Å². The molecule has 1 saturated heterocycles. The molecule has 2 N–H and O–H groups in total. The zero-order valence-corrected chi connectivity index (χ0v) is 14.0. The fourth-order valence-corrected chi connectivity index (χ4v) is 3.23. The molecule has 0 spiro atoms. The SMILES string of the molecule is C[C@@H](NC(=O)C1NCCCC1(C)C)c1cccc(Br)c1. The zero-order chi connectivity index (χ0) is 14.8. The van der Waals surface area contributed by atoms with E-state index in [0.717, 1.165) is 29.4 Å². The van der Waals surface area contributed by atoms with Crippen LogP contribution in [-0.4, -0.2) is 18.5 Å². The first-order chi connectivity index (χ1) is 9.40. The third-order valence-corrected chi connectivity index (χ3v) is 4.59. The lowest BCUT2D eigenvalue weighted by atomic mass is 9.77. The predicted octanol–water partition coefficient (Wildman–Crippen LogP) is 3.40. The van der Waals surface area contributed by atoms with Crippen LogP contribution in [0.5, 0.6) is 0 Å². The highest BCUT2D eigenvalue weighted by molar-refractivity contribution is 9.10. The number of hydrogen-bond donors (Lipinski definition) is 2. The van der Waals surface area contributed by atoms with Crippen LogP contribution >= 0.6 is 15.9 Å². The van der Waals surface area contributed by atoms with E-state index in [2.05, 4.69) is 40.4 Å². The molecule has 20 heavy (non-hydrogen) atoms. The van der Waals surface area contributed by atoms with Crippen LogP contribution in [-0.2, 0) is 4.79 Å². The second kappa shape index (κ2) is 6.27. The van der Waals surface area contributed by atoms with E-state index in [4.69, 9.17) is 0 Å². The van der Waals surface area contributed by atoms with Gasteiger partial charge in [-0.3, -0.25) is 4.79 Å². The second-order valence-electron chi connectivity index (χ2n) is 6.26. The van der Waals surface area contributed by atoms with Crippen molar-refractivity contribution in [3.8, 4) is 0 Å². The fourth-order valence-electron chi connectivity index (χ4n) is 2.81. The van der Waals surface area contributed by atoms with Gasteiger partial charge in [-0.2, -0.15) is 0 Å². The number of hydrogen-bond acceptors (Lipinski definition) is 2. The minimum Gasteiger partial charge on any atom is -0.348 e. The molecule has 1 heterocycles. The number of benzene rings is 1. The summed E-state index contributed by atoms with van der Waals surface area (Å²) >= 11 is 3.47. The minimum absolute atomic E-state index is 0.0132. The summed E-state index contributed by atoms with van der Waals surface area (Å²) in [5.41, 5.74) is 1.13. The Morgan fingerprint density at radius 1 is 1.50 bits per heavy atom. The topological polar surface area (TPSA) is 41.1 Å². The Morgan fingerprint density at radius 3 is 2.90 bits per heavy atom. The minimum atomic E-state index is -0.106. The average molecular weight is 339 g/mol. The Morgan fingerprint density at radius 2 is 2.25 bits per heavy atom. The highest BCUT2D eigenvalue weighted by atomic mass is 79.9. The molecule has 4 heteroatoms. The van der Waals surface area contributed by atoms with Crippen molar-refractivity contribution in [2.75, 3.05) is 6.54 Å². The van der Waals surface area contributed by atoms with Crippen LogP contribution in [0.4, 0.5) is 0 Å². The summed E-state index contributed by atoms with van der Waals surface area (Å²) in [5.74, 6) is 0.0992. The molecule has 1 aromatic carbocycles. The second-order valence-corrected chi connectivity index (χ2v) is 7.18. The molecule has 2 rings (SSSR count). The van der Waals surface area contributed by atoms with E-state index in [1.165, 1.54) is 0 Å². The lowest BCUT2D eigenvalue weighted by Crippen LogP contribution is -2.55. The molecule has 110 valence electrons. The molecule has 0 aromatic heterocycles. The smallest absolute Gasteiger partial charge is 0.238 e. The van der Waals surface area contributed by atoms with Crippen LogP contribution in [0.1, 0.15) is 45.2 Å². The molecule has 3 nitrogen and oxygen atoms in total. The number of halogens is 1. The van der Waals surface area contributed by atoms with Crippen molar-refractivity contribution < 1.29 is 4.79 Å². The lowest BCUT2D eigenvalue weighted by Gasteiger charge is -2.38. The molecule has 1 aliphatic rings. The molecule has 0 saturated carbocycles. The summed E-state index contributed by atoms with van der Waals surface area (Å²) in [6.45, 7) is 7.27. The maximum Gasteiger partial charge on any atom is 0.238 e. The molecular formula is C16H23BrN2O. The van der Waals surface area contributed by atoms with Gasteiger partial charge in [0.25, 0.3) is 0 Å². The number of piperidine rings is 1. The van der Waals surface area contributed by atoms with Gasteiger partial charge in [-0.15, -0.1) is 0 Å². The van der Waals surface area contributed by atoms with Gasteiger partial charge in [-0.05, 0) is 49.4 Å². The van der Waals surface area contributed by atoms with Gasteiger partial charge in [0.05, 0.1) is 12.1 Å². The Bertz CT molecular complexity index is 487. The molecule has 0 radical (unpaired) electrons. The molecule has 0 aliphatic carbocycles. The Balaban J connectivity index is 2.03. The first kappa shape index (κ1) is 15.5. The van der Waals surface area contributed by atoms with Crippen molar-refractivity contribution in [2.45, 2.75) is 45.7 Å². The van der Waals surface area contributed by atoms with Crippen molar-refractivity contribution in [1.82, 2.24) is 10.6 Å². The lowest BCUT2D eigenvalue weighted by molar-refractivity contribution is -0.127. The third kappa shape index (κ3) is 3.61. The number of carbonyl (C=O) groups is 1. The van der Waals surface area contributed by atoms with Crippen molar-refractivity contribution in [2.24, 2.45) is 5.41 Å². The largest absolute Gasteiger partial charge is 0.348 e. The summed E-state index contributed by atoms with van der Waals surface area (Å²) in [5, 5.41) is 6.48. The van der Waals surface area contributed by atoms with Gasteiger partial charge in [-0.1, -0.05) is 41.9 Å². The first-order valence-corrected chi connectivity index (χ1v) is 7.99. The molecule has 2 atom stereocenters. The van der Waals surface area contributed by atoms with E-state index < -0.39 is 0 Å². The van der Waals surface area contributed by atoms with Gasteiger partial charge >= 0.3 is 0 Å².